The summed E-state index contributed by atoms with van der Waals surface area (Å²) in [5, 5.41) is 5.73. The van der Waals surface area contributed by atoms with E-state index in [9.17, 15) is 9.59 Å². The number of hydrogen-bond acceptors (Lipinski definition) is 4. The summed E-state index contributed by atoms with van der Waals surface area (Å²) in [6.07, 6.45) is 5.21. The van der Waals surface area contributed by atoms with Crippen molar-refractivity contribution >= 4 is 11.8 Å². The molecule has 2 aliphatic carbocycles. The topological polar surface area (TPSA) is 76.7 Å². The lowest BCUT2D eigenvalue weighted by Gasteiger charge is -2.28. The number of nitrogens with one attached hydrogen (secondary N) is 2. The summed E-state index contributed by atoms with van der Waals surface area (Å²) in [6, 6.07) is 5.17. The molecule has 134 valence electrons. The molecule has 6 heteroatoms. The maximum Gasteiger partial charge on any atom is 0.251 e. The smallest absolute Gasteiger partial charge is 0.251 e. The molecule has 1 aromatic rings. The van der Waals surface area contributed by atoms with Gasteiger partial charge in [0.1, 0.15) is 0 Å². The van der Waals surface area contributed by atoms with Gasteiger partial charge in [0.15, 0.2) is 11.5 Å². The van der Waals surface area contributed by atoms with E-state index in [-0.39, 0.29) is 31.2 Å². The molecule has 4 unspecified atom stereocenters. The summed E-state index contributed by atoms with van der Waals surface area (Å²) in [4.78, 5) is 24.4. The van der Waals surface area contributed by atoms with Crippen LogP contribution in [0.1, 0.15) is 43.0 Å². The van der Waals surface area contributed by atoms with E-state index in [1.807, 2.05) is 0 Å². The van der Waals surface area contributed by atoms with Gasteiger partial charge in [0.05, 0.1) is 6.54 Å². The fourth-order valence-corrected chi connectivity index (χ4v) is 4.62. The molecule has 6 nitrogen and oxygen atoms in total. The summed E-state index contributed by atoms with van der Waals surface area (Å²) < 4.78 is 10.5. The molecule has 2 amide bonds. The third kappa shape index (κ3) is 3.30. The Kier molecular flexibility index (Phi) is 4.27. The zero-order valence-electron chi connectivity index (χ0n) is 14.4. The maximum absolute atomic E-state index is 12.2. The molecule has 2 saturated carbocycles. The maximum atomic E-state index is 12.2. The average Bonchev–Trinajstić information content (AvgIpc) is 3.34. The van der Waals surface area contributed by atoms with Crippen LogP contribution in [-0.4, -0.2) is 31.2 Å². The lowest BCUT2D eigenvalue weighted by molar-refractivity contribution is -0.121. The van der Waals surface area contributed by atoms with Crippen LogP contribution in [-0.2, 0) is 4.79 Å². The molecule has 1 aromatic carbocycles. The van der Waals surface area contributed by atoms with Crippen LogP contribution in [0.5, 0.6) is 11.5 Å². The van der Waals surface area contributed by atoms with Gasteiger partial charge in [0.25, 0.3) is 5.91 Å². The Labute approximate surface area is 147 Å². The number of fused-ring (bicyclic) bond motifs is 3. The van der Waals surface area contributed by atoms with Crippen molar-refractivity contribution in [3.8, 4) is 11.5 Å². The van der Waals surface area contributed by atoms with E-state index in [0.29, 0.717) is 23.0 Å². The van der Waals surface area contributed by atoms with Crippen LogP contribution in [0.2, 0.25) is 0 Å². The number of carbonyl (C=O) groups excluding carboxylic acids is 2. The first kappa shape index (κ1) is 16.2. The van der Waals surface area contributed by atoms with Crippen molar-refractivity contribution in [1.29, 1.82) is 0 Å². The molecule has 2 fully saturated rings. The van der Waals surface area contributed by atoms with Crippen LogP contribution in [0.4, 0.5) is 0 Å². The highest BCUT2D eigenvalue weighted by atomic mass is 16.7. The van der Waals surface area contributed by atoms with Crippen molar-refractivity contribution in [3.63, 3.8) is 0 Å². The Morgan fingerprint density at radius 3 is 2.80 bits per heavy atom. The first-order valence-electron chi connectivity index (χ1n) is 9.07. The minimum atomic E-state index is -0.291. The van der Waals surface area contributed by atoms with E-state index in [1.54, 1.807) is 18.2 Å². The van der Waals surface area contributed by atoms with Crippen molar-refractivity contribution in [2.24, 2.45) is 17.8 Å². The van der Waals surface area contributed by atoms with Gasteiger partial charge in [-0.3, -0.25) is 9.59 Å². The standard InChI is InChI=1S/C19H24N2O4/c1-11(15-7-12-2-3-13(15)6-12)21-18(22)9-20-19(23)14-4-5-16-17(8-14)25-10-24-16/h4-5,8,11-13,15H,2-3,6-7,9-10H2,1H3,(H,20,23)(H,21,22). The summed E-state index contributed by atoms with van der Waals surface area (Å²) >= 11 is 0. The molecule has 3 aliphatic rings. The van der Waals surface area contributed by atoms with Crippen LogP contribution >= 0.6 is 0 Å². The minimum Gasteiger partial charge on any atom is -0.454 e. The van der Waals surface area contributed by atoms with Crippen molar-refractivity contribution in [1.82, 2.24) is 10.6 Å². The molecule has 4 rings (SSSR count). The number of benzene rings is 1. The highest BCUT2D eigenvalue weighted by molar-refractivity contribution is 5.97. The van der Waals surface area contributed by atoms with Crippen LogP contribution < -0.4 is 20.1 Å². The van der Waals surface area contributed by atoms with E-state index >= 15 is 0 Å². The summed E-state index contributed by atoms with van der Waals surface area (Å²) in [5.41, 5.74) is 0.457. The normalized spacial score (nSPS) is 27.2. The predicted octanol–water partition coefficient (Wildman–Crippen LogP) is 2.09. The highest BCUT2D eigenvalue weighted by Crippen LogP contribution is 2.49. The van der Waals surface area contributed by atoms with Crippen molar-refractivity contribution in [2.45, 2.75) is 38.6 Å². The third-order valence-electron chi connectivity index (χ3n) is 5.87. The first-order valence-corrected chi connectivity index (χ1v) is 9.07. The van der Waals surface area contributed by atoms with Crippen molar-refractivity contribution in [2.75, 3.05) is 13.3 Å². The van der Waals surface area contributed by atoms with Crippen LogP contribution in [0, 0.1) is 17.8 Å². The number of ether oxygens (including phenoxy) is 2. The molecule has 2 bridgehead atoms. The highest BCUT2D eigenvalue weighted by Gasteiger charge is 2.42. The van der Waals surface area contributed by atoms with Gasteiger partial charge >= 0.3 is 0 Å². The first-order chi connectivity index (χ1) is 12.1. The van der Waals surface area contributed by atoms with Gasteiger partial charge in [-0.05, 0) is 62.1 Å². The number of carbonyl (C=O) groups is 2. The van der Waals surface area contributed by atoms with Gasteiger partial charge in [-0.2, -0.15) is 0 Å². The lowest BCUT2D eigenvalue weighted by Crippen LogP contribution is -2.44. The Morgan fingerprint density at radius 2 is 2.04 bits per heavy atom. The van der Waals surface area contributed by atoms with Gasteiger partial charge in [-0.15, -0.1) is 0 Å². The second-order valence-electron chi connectivity index (χ2n) is 7.45. The molecule has 0 radical (unpaired) electrons. The Bertz CT molecular complexity index is 690. The zero-order valence-corrected chi connectivity index (χ0v) is 14.4. The van der Waals surface area contributed by atoms with E-state index in [0.717, 1.165) is 11.8 Å². The van der Waals surface area contributed by atoms with E-state index < -0.39 is 0 Å². The quantitative estimate of drug-likeness (QED) is 0.857. The largest absolute Gasteiger partial charge is 0.454 e. The Morgan fingerprint density at radius 1 is 1.20 bits per heavy atom. The van der Waals surface area contributed by atoms with Gasteiger partial charge in [0.2, 0.25) is 12.7 Å². The fraction of sp³-hybridized carbons (Fsp3) is 0.579. The average molecular weight is 344 g/mol. The molecule has 0 spiro atoms. The summed E-state index contributed by atoms with van der Waals surface area (Å²) in [7, 11) is 0. The fourth-order valence-electron chi connectivity index (χ4n) is 4.62. The SMILES string of the molecule is CC(NC(=O)CNC(=O)c1ccc2c(c1)OCO2)C1CC2CCC1C2. The van der Waals surface area contributed by atoms with E-state index in [4.69, 9.17) is 9.47 Å². The molecule has 25 heavy (non-hydrogen) atoms. The second kappa shape index (κ2) is 6.58. The number of hydrogen-bond donors (Lipinski definition) is 2. The van der Waals surface area contributed by atoms with Gasteiger partial charge < -0.3 is 20.1 Å². The van der Waals surface area contributed by atoms with Gasteiger partial charge in [0, 0.05) is 11.6 Å². The van der Waals surface area contributed by atoms with E-state index in [1.165, 1.54) is 25.7 Å². The monoisotopic (exact) mass is 344 g/mol. The lowest BCUT2D eigenvalue weighted by atomic mass is 9.84. The summed E-state index contributed by atoms with van der Waals surface area (Å²) in [5.74, 6) is 2.98. The van der Waals surface area contributed by atoms with Crippen molar-refractivity contribution in [3.05, 3.63) is 23.8 Å². The zero-order chi connectivity index (χ0) is 17.4. The molecule has 1 aliphatic heterocycles. The third-order valence-corrected chi connectivity index (χ3v) is 5.87. The molecule has 1 heterocycles. The molecular formula is C19H24N2O4. The van der Waals surface area contributed by atoms with Crippen LogP contribution in [0.3, 0.4) is 0 Å². The van der Waals surface area contributed by atoms with Crippen molar-refractivity contribution < 1.29 is 19.1 Å². The predicted molar refractivity (Wildman–Crippen MR) is 91.4 cm³/mol. The molecular weight excluding hydrogens is 320 g/mol. The van der Waals surface area contributed by atoms with Gasteiger partial charge in [-0.1, -0.05) is 6.42 Å². The minimum absolute atomic E-state index is 0.0154. The number of rotatable bonds is 5. The van der Waals surface area contributed by atoms with E-state index in [2.05, 4.69) is 17.6 Å². The van der Waals surface area contributed by atoms with Crippen LogP contribution in [0.15, 0.2) is 18.2 Å². The van der Waals surface area contributed by atoms with Gasteiger partial charge in [-0.25, -0.2) is 0 Å². The summed E-state index contributed by atoms with van der Waals surface area (Å²) in [6.45, 7) is 2.24. The molecule has 0 saturated heterocycles. The number of amides is 2. The molecule has 2 N–H and O–H groups in total. The molecule has 4 atom stereocenters. The second-order valence-corrected chi connectivity index (χ2v) is 7.45. The Balaban J connectivity index is 1.26. The Hall–Kier alpha value is -2.24. The molecule has 0 aromatic heterocycles. The van der Waals surface area contributed by atoms with Crippen LogP contribution in [0.25, 0.3) is 0 Å².